The van der Waals surface area contributed by atoms with Gasteiger partial charge < -0.3 is 18.9 Å². The zero-order valence-electron chi connectivity index (χ0n) is 10.3. The summed E-state index contributed by atoms with van der Waals surface area (Å²) in [5.41, 5.74) is 0. The van der Waals surface area contributed by atoms with Crippen molar-refractivity contribution in [3.05, 3.63) is 0 Å². The molecule has 0 spiro atoms. The SMILES string of the molecule is CC(=O)O[C@@H]1[C@H]2OC(C)(C)O[C@H]2O[C@@H]1C(=O)CBr. The number of alkyl halides is 1. The van der Waals surface area contributed by atoms with Crippen molar-refractivity contribution in [1.29, 1.82) is 0 Å². The third-order valence-electron chi connectivity index (χ3n) is 2.74. The van der Waals surface area contributed by atoms with E-state index >= 15 is 0 Å². The number of fused-ring (bicyclic) bond motifs is 1. The van der Waals surface area contributed by atoms with Crippen LogP contribution in [0.2, 0.25) is 0 Å². The molecule has 2 fully saturated rings. The zero-order valence-corrected chi connectivity index (χ0v) is 11.9. The van der Waals surface area contributed by atoms with Crippen LogP contribution in [0.1, 0.15) is 20.8 Å². The Labute approximate surface area is 113 Å². The van der Waals surface area contributed by atoms with Gasteiger partial charge in [-0.2, -0.15) is 0 Å². The van der Waals surface area contributed by atoms with Gasteiger partial charge in [-0.1, -0.05) is 15.9 Å². The Morgan fingerprint density at radius 1 is 1.33 bits per heavy atom. The molecule has 0 aliphatic carbocycles. The quantitative estimate of drug-likeness (QED) is 0.564. The zero-order chi connectivity index (χ0) is 13.5. The number of hydrogen-bond donors (Lipinski definition) is 0. The van der Waals surface area contributed by atoms with Crippen molar-refractivity contribution in [3.8, 4) is 0 Å². The molecule has 0 N–H and O–H groups in total. The summed E-state index contributed by atoms with van der Waals surface area (Å²) in [6.07, 6.45) is -2.87. The fraction of sp³-hybridized carbons (Fsp3) is 0.818. The summed E-state index contributed by atoms with van der Waals surface area (Å²) in [5, 5.41) is 0.123. The lowest BCUT2D eigenvalue weighted by Crippen LogP contribution is -2.42. The Bertz CT molecular complexity index is 369. The molecule has 6 nitrogen and oxygen atoms in total. The van der Waals surface area contributed by atoms with E-state index < -0.39 is 36.4 Å². The summed E-state index contributed by atoms with van der Waals surface area (Å²) in [6.45, 7) is 4.76. The van der Waals surface area contributed by atoms with Crippen LogP contribution in [0.15, 0.2) is 0 Å². The van der Waals surface area contributed by atoms with Crippen molar-refractivity contribution in [1.82, 2.24) is 0 Å². The molecule has 0 unspecified atom stereocenters. The summed E-state index contributed by atoms with van der Waals surface area (Å²) < 4.78 is 21.8. The van der Waals surface area contributed by atoms with Gasteiger partial charge in [0.15, 0.2) is 36.2 Å². The number of carbonyl (C=O) groups is 2. The second-order valence-electron chi connectivity index (χ2n) is 4.70. The maximum absolute atomic E-state index is 11.7. The molecule has 4 atom stereocenters. The lowest BCUT2D eigenvalue weighted by Gasteiger charge is -2.24. The number of rotatable bonds is 3. The van der Waals surface area contributed by atoms with Crippen LogP contribution < -0.4 is 0 Å². The third-order valence-corrected chi connectivity index (χ3v) is 3.29. The lowest BCUT2D eigenvalue weighted by molar-refractivity contribution is -0.217. The van der Waals surface area contributed by atoms with Crippen LogP contribution >= 0.6 is 15.9 Å². The van der Waals surface area contributed by atoms with Crippen LogP contribution in [0.3, 0.4) is 0 Å². The third kappa shape index (κ3) is 2.59. The van der Waals surface area contributed by atoms with E-state index in [1.165, 1.54) is 6.92 Å². The van der Waals surface area contributed by atoms with Crippen molar-refractivity contribution in [2.75, 3.05) is 5.33 Å². The Balaban J connectivity index is 2.17. The van der Waals surface area contributed by atoms with Crippen LogP contribution in [0, 0.1) is 0 Å². The van der Waals surface area contributed by atoms with E-state index in [1.54, 1.807) is 13.8 Å². The summed E-state index contributed by atoms with van der Waals surface area (Å²) in [5.74, 6) is -1.50. The van der Waals surface area contributed by atoms with Gasteiger partial charge in [-0.3, -0.25) is 9.59 Å². The maximum atomic E-state index is 11.7. The number of hydrogen-bond acceptors (Lipinski definition) is 6. The fourth-order valence-electron chi connectivity index (χ4n) is 2.13. The molecule has 2 aliphatic rings. The minimum absolute atomic E-state index is 0.123. The van der Waals surface area contributed by atoms with Crippen molar-refractivity contribution in [2.45, 2.75) is 51.2 Å². The first-order chi connectivity index (χ1) is 8.34. The normalized spacial score (nSPS) is 37.3. The van der Waals surface area contributed by atoms with Gasteiger partial charge in [0.25, 0.3) is 0 Å². The second kappa shape index (κ2) is 4.88. The van der Waals surface area contributed by atoms with Crippen molar-refractivity contribution >= 4 is 27.7 Å². The minimum Gasteiger partial charge on any atom is -0.456 e. The highest BCUT2D eigenvalue weighted by Crippen LogP contribution is 2.39. The molecular formula is C11H15BrO6. The Kier molecular flexibility index (Phi) is 3.77. The van der Waals surface area contributed by atoms with Crippen LogP contribution in [0.25, 0.3) is 0 Å². The smallest absolute Gasteiger partial charge is 0.303 e. The molecule has 0 aromatic carbocycles. The highest BCUT2D eigenvalue weighted by atomic mass is 79.9. The maximum Gasteiger partial charge on any atom is 0.303 e. The number of esters is 1. The van der Waals surface area contributed by atoms with Crippen molar-refractivity contribution < 1.29 is 28.5 Å². The van der Waals surface area contributed by atoms with Gasteiger partial charge in [-0.15, -0.1) is 0 Å². The molecule has 0 bridgehead atoms. The van der Waals surface area contributed by atoms with Crippen molar-refractivity contribution in [2.24, 2.45) is 0 Å². The Hall–Kier alpha value is -0.500. The minimum atomic E-state index is -0.848. The number of carbonyl (C=O) groups excluding carboxylic acids is 2. The first-order valence-electron chi connectivity index (χ1n) is 5.61. The molecule has 7 heteroatoms. The van der Waals surface area contributed by atoms with E-state index in [0.717, 1.165) is 0 Å². The number of ketones is 1. The van der Waals surface area contributed by atoms with Gasteiger partial charge in [-0.05, 0) is 13.8 Å². The molecule has 2 heterocycles. The summed E-state index contributed by atoms with van der Waals surface area (Å²) in [4.78, 5) is 22.8. The van der Waals surface area contributed by atoms with E-state index in [-0.39, 0.29) is 11.1 Å². The lowest BCUT2D eigenvalue weighted by atomic mass is 10.1. The molecule has 0 radical (unpaired) electrons. The van der Waals surface area contributed by atoms with Crippen LogP contribution in [0.5, 0.6) is 0 Å². The van der Waals surface area contributed by atoms with E-state index in [4.69, 9.17) is 18.9 Å². The van der Waals surface area contributed by atoms with Crippen LogP contribution in [-0.4, -0.2) is 47.5 Å². The van der Waals surface area contributed by atoms with Gasteiger partial charge in [0.2, 0.25) is 0 Å². The predicted molar refractivity (Wildman–Crippen MR) is 63.1 cm³/mol. The van der Waals surface area contributed by atoms with E-state index in [0.29, 0.717) is 0 Å². The Morgan fingerprint density at radius 3 is 2.56 bits per heavy atom. The fourth-order valence-corrected chi connectivity index (χ4v) is 2.45. The monoisotopic (exact) mass is 322 g/mol. The average molecular weight is 323 g/mol. The molecular weight excluding hydrogens is 308 g/mol. The Morgan fingerprint density at radius 2 is 2.00 bits per heavy atom. The molecule has 0 amide bonds. The largest absolute Gasteiger partial charge is 0.456 e. The topological polar surface area (TPSA) is 71.1 Å². The molecule has 2 rings (SSSR count). The molecule has 0 aromatic heterocycles. The first kappa shape index (κ1) is 13.9. The van der Waals surface area contributed by atoms with Gasteiger partial charge in [0.05, 0.1) is 5.33 Å². The van der Waals surface area contributed by atoms with Gasteiger partial charge >= 0.3 is 5.97 Å². The van der Waals surface area contributed by atoms with E-state index in [2.05, 4.69) is 15.9 Å². The molecule has 0 saturated carbocycles. The summed E-state index contributed by atoms with van der Waals surface area (Å²) >= 11 is 3.07. The first-order valence-corrected chi connectivity index (χ1v) is 6.73. The summed E-state index contributed by atoms with van der Waals surface area (Å²) in [7, 11) is 0. The predicted octanol–water partition coefficient (Wildman–Crippen LogP) is 0.758. The number of ether oxygens (including phenoxy) is 4. The second-order valence-corrected chi connectivity index (χ2v) is 5.26. The number of halogens is 1. The number of Topliss-reactive ketones (excluding diaryl/α,β-unsaturated/α-hetero) is 1. The van der Waals surface area contributed by atoms with Crippen LogP contribution in [0.4, 0.5) is 0 Å². The molecule has 2 saturated heterocycles. The highest BCUT2D eigenvalue weighted by molar-refractivity contribution is 9.09. The van der Waals surface area contributed by atoms with E-state index in [1.807, 2.05) is 0 Å². The van der Waals surface area contributed by atoms with Crippen LogP contribution in [-0.2, 0) is 28.5 Å². The van der Waals surface area contributed by atoms with Crippen molar-refractivity contribution in [3.63, 3.8) is 0 Å². The van der Waals surface area contributed by atoms with Gasteiger partial charge in [-0.25, -0.2) is 0 Å². The average Bonchev–Trinajstić information content (AvgIpc) is 2.71. The molecule has 2 aliphatic heterocycles. The molecule has 102 valence electrons. The highest BCUT2D eigenvalue weighted by Gasteiger charge is 2.58. The molecule has 0 aromatic rings. The summed E-state index contributed by atoms with van der Waals surface area (Å²) in [6, 6.07) is 0. The van der Waals surface area contributed by atoms with E-state index in [9.17, 15) is 9.59 Å². The standard InChI is InChI=1S/C11H15BrO6/c1-5(13)15-8-7(6(14)4-12)16-10-9(8)17-11(2,3)18-10/h7-10H,4H2,1-3H3/t7-,8+,9-,10-/m1/s1. The van der Waals surface area contributed by atoms with Gasteiger partial charge in [0, 0.05) is 6.92 Å². The van der Waals surface area contributed by atoms with Gasteiger partial charge in [0.1, 0.15) is 0 Å². The molecule has 18 heavy (non-hydrogen) atoms.